The fraction of sp³-hybridized carbons (Fsp3) is 0.190. The molecule has 0 saturated heterocycles. The van der Waals surface area contributed by atoms with Gasteiger partial charge in [-0.05, 0) is 80.5 Å². The Morgan fingerprint density at radius 2 is 1.29 bits per heavy atom. The van der Waals surface area contributed by atoms with Crippen LogP contribution in [0.3, 0.4) is 0 Å². The van der Waals surface area contributed by atoms with Crippen molar-refractivity contribution in [3.63, 3.8) is 0 Å². The minimum Gasteiger partial charge on any atom is -0.305 e. The molecular formula is C42H38IrN2-2. The second-order valence-corrected chi connectivity index (χ2v) is 12.3. The Morgan fingerprint density at radius 3 is 2.04 bits per heavy atom. The van der Waals surface area contributed by atoms with E-state index in [9.17, 15) is 0 Å². The van der Waals surface area contributed by atoms with Crippen LogP contribution in [0.25, 0.3) is 54.8 Å². The molecule has 5 aromatic carbocycles. The van der Waals surface area contributed by atoms with E-state index < -0.39 is 0 Å². The van der Waals surface area contributed by atoms with Gasteiger partial charge in [-0.1, -0.05) is 88.4 Å². The summed E-state index contributed by atoms with van der Waals surface area (Å²) in [6.07, 6.45) is 5.86. The van der Waals surface area contributed by atoms with E-state index in [1.165, 1.54) is 43.4 Å². The van der Waals surface area contributed by atoms with Gasteiger partial charge in [-0.15, -0.1) is 70.8 Å². The zero-order chi connectivity index (χ0) is 30.5. The summed E-state index contributed by atoms with van der Waals surface area (Å²) < 4.78 is 0. The summed E-state index contributed by atoms with van der Waals surface area (Å²) >= 11 is 0. The summed E-state index contributed by atoms with van der Waals surface area (Å²) in [6, 6.07) is 44.9. The molecular weight excluding hydrogens is 725 g/mol. The van der Waals surface area contributed by atoms with Crippen molar-refractivity contribution in [3.8, 4) is 22.5 Å². The van der Waals surface area contributed by atoms with Crippen molar-refractivity contribution in [2.75, 3.05) is 0 Å². The van der Waals surface area contributed by atoms with Crippen LogP contribution >= 0.6 is 0 Å². The number of benzene rings is 5. The largest absolute Gasteiger partial charge is 0.305 e. The summed E-state index contributed by atoms with van der Waals surface area (Å²) in [5.41, 5.74) is 6.84. The quantitative estimate of drug-likeness (QED) is 0.125. The number of nitrogens with zero attached hydrogens (tertiary/aromatic N) is 2. The molecule has 0 spiro atoms. The molecule has 7 aromatic rings. The molecule has 0 saturated carbocycles. The maximum absolute atomic E-state index is 4.86. The molecule has 0 fully saturated rings. The van der Waals surface area contributed by atoms with Crippen LogP contribution in [0, 0.1) is 24.0 Å². The van der Waals surface area contributed by atoms with Crippen LogP contribution in [0.1, 0.15) is 38.8 Å². The van der Waals surface area contributed by atoms with E-state index >= 15 is 0 Å². The van der Waals surface area contributed by atoms with E-state index in [1.807, 2.05) is 48.7 Å². The first kappa shape index (κ1) is 32.2. The first-order chi connectivity index (χ1) is 21.5. The zero-order valence-corrected chi connectivity index (χ0v) is 28.7. The molecule has 0 unspecified atom stereocenters. The Labute approximate surface area is 280 Å². The van der Waals surface area contributed by atoms with Gasteiger partial charge in [0.25, 0.3) is 0 Å². The second kappa shape index (κ2) is 14.7. The number of rotatable bonds is 6. The average molecular weight is 763 g/mol. The van der Waals surface area contributed by atoms with Crippen molar-refractivity contribution >= 4 is 32.3 Å². The van der Waals surface area contributed by atoms with Crippen LogP contribution in [0.5, 0.6) is 0 Å². The van der Waals surface area contributed by atoms with Crippen LogP contribution < -0.4 is 0 Å². The van der Waals surface area contributed by atoms with Crippen molar-refractivity contribution < 1.29 is 20.1 Å². The van der Waals surface area contributed by atoms with Gasteiger partial charge < -0.3 is 9.97 Å². The van der Waals surface area contributed by atoms with Gasteiger partial charge >= 0.3 is 0 Å². The second-order valence-electron chi connectivity index (χ2n) is 12.3. The summed E-state index contributed by atoms with van der Waals surface area (Å²) in [6.45, 7) is 9.11. The Hall–Kier alpha value is -4.17. The van der Waals surface area contributed by atoms with Crippen molar-refractivity contribution in [2.24, 2.45) is 11.8 Å². The van der Waals surface area contributed by atoms with Crippen LogP contribution in [0.15, 0.2) is 122 Å². The standard InChI is InChI=1S/C31H30N.C11H8N.Ir/c1-20(2)15-22-17-23(16-21(3)4)19-25(18-22)31-30-12-11-27-26-8-6-5-7-24(26)9-10-28(27)29(30)13-14-32-31;1-2-6-10(7-3-1)11-8-4-5-9-12-11;/h5-14,17-18,20-21H,15-16H2,1-4H3;1-6,8-9H;/q2*-1;. The molecule has 7 rings (SSSR count). The summed E-state index contributed by atoms with van der Waals surface area (Å²) in [4.78, 5) is 9.07. The van der Waals surface area contributed by atoms with Gasteiger partial charge in [0.1, 0.15) is 0 Å². The average Bonchev–Trinajstić information content (AvgIpc) is 3.04. The van der Waals surface area contributed by atoms with Gasteiger partial charge in [-0.3, -0.25) is 0 Å². The van der Waals surface area contributed by atoms with Gasteiger partial charge in [0, 0.05) is 32.5 Å². The van der Waals surface area contributed by atoms with Gasteiger partial charge in [0.2, 0.25) is 0 Å². The molecule has 0 aliphatic carbocycles. The number of fused-ring (bicyclic) bond motifs is 5. The number of pyridine rings is 2. The molecule has 0 bridgehead atoms. The Balaban J connectivity index is 0.000000258. The summed E-state index contributed by atoms with van der Waals surface area (Å²) in [7, 11) is 0. The summed E-state index contributed by atoms with van der Waals surface area (Å²) in [5, 5.41) is 7.61. The smallest absolute Gasteiger partial charge is 0.0167 e. The van der Waals surface area contributed by atoms with Crippen LogP contribution in [0.4, 0.5) is 0 Å². The van der Waals surface area contributed by atoms with Gasteiger partial charge in [-0.2, -0.15) is 0 Å². The van der Waals surface area contributed by atoms with E-state index in [0.717, 1.165) is 35.4 Å². The molecule has 227 valence electrons. The monoisotopic (exact) mass is 763 g/mol. The van der Waals surface area contributed by atoms with Gasteiger partial charge in [0.05, 0.1) is 0 Å². The molecule has 45 heavy (non-hydrogen) atoms. The minimum atomic E-state index is 0. The molecule has 1 radical (unpaired) electrons. The molecule has 3 heteroatoms. The topological polar surface area (TPSA) is 25.8 Å². The van der Waals surface area contributed by atoms with Crippen molar-refractivity contribution in [2.45, 2.75) is 40.5 Å². The first-order valence-electron chi connectivity index (χ1n) is 15.6. The number of hydrogen-bond acceptors (Lipinski definition) is 2. The Morgan fingerprint density at radius 1 is 0.578 bits per heavy atom. The summed E-state index contributed by atoms with van der Waals surface area (Å²) in [5.74, 6) is 1.22. The van der Waals surface area contributed by atoms with E-state index in [4.69, 9.17) is 4.98 Å². The van der Waals surface area contributed by atoms with E-state index in [-0.39, 0.29) is 20.1 Å². The van der Waals surface area contributed by atoms with Gasteiger partial charge in [0.15, 0.2) is 0 Å². The minimum absolute atomic E-state index is 0. The fourth-order valence-electron chi connectivity index (χ4n) is 6.01. The van der Waals surface area contributed by atoms with Crippen molar-refractivity contribution in [1.29, 1.82) is 0 Å². The molecule has 0 N–H and O–H groups in total. The van der Waals surface area contributed by atoms with Crippen LogP contribution in [0.2, 0.25) is 0 Å². The Kier molecular flexibility index (Phi) is 10.6. The number of aromatic nitrogens is 2. The SMILES string of the molecule is CC(C)Cc1[c-]c(-c2nccc3c2ccc2c4ccccc4ccc32)cc(CC(C)C)c1.[Ir].[c-]1ccccc1-c1ccccn1. The third-order valence-corrected chi connectivity index (χ3v) is 7.83. The van der Waals surface area contributed by atoms with Crippen molar-refractivity contribution in [3.05, 3.63) is 145 Å². The predicted molar refractivity (Wildman–Crippen MR) is 187 cm³/mol. The molecule has 2 nitrogen and oxygen atoms in total. The number of hydrogen-bond donors (Lipinski definition) is 0. The normalized spacial score (nSPS) is 11.1. The van der Waals surface area contributed by atoms with E-state index in [1.54, 1.807) is 6.20 Å². The van der Waals surface area contributed by atoms with Crippen molar-refractivity contribution in [1.82, 2.24) is 9.97 Å². The van der Waals surface area contributed by atoms with Crippen LogP contribution in [-0.2, 0) is 32.9 Å². The molecule has 0 aliphatic heterocycles. The predicted octanol–water partition coefficient (Wildman–Crippen LogP) is 11.0. The molecule has 0 amide bonds. The first-order valence-corrected chi connectivity index (χ1v) is 15.6. The maximum Gasteiger partial charge on any atom is 0.0167 e. The van der Waals surface area contributed by atoms with Crippen LogP contribution in [-0.4, -0.2) is 9.97 Å². The molecule has 2 heterocycles. The van der Waals surface area contributed by atoms with E-state index in [0.29, 0.717) is 11.8 Å². The molecule has 0 atom stereocenters. The van der Waals surface area contributed by atoms with E-state index in [2.05, 4.69) is 112 Å². The molecule has 2 aromatic heterocycles. The Bertz CT molecular complexity index is 1950. The molecule has 0 aliphatic rings. The fourth-order valence-corrected chi connectivity index (χ4v) is 6.01. The van der Waals surface area contributed by atoms with Gasteiger partial charge in [-0.25, -0.2) is 0 Å². The maximum atomic E-state index is 4.86. The third-order valence-electron chi connectivity index (χ3n) is 7.83. The zero-order valence-electron chi connectivity index (χ0n) is 26.3. The third kappa shape index (κ3) is 7.56.